The second-order valence-corrected chi connectivity index (χ2v) is 6.45. The molecule has 2 N–H and O–H groups in total. The van der Waals surface area contributed by atoms with E-state index in [4.69, 9.17) is 10.5 Å². The standard InChI is InChI=1S/C19H19N5O2/c1-26-15-4-2-13(3-5-15)12-24-18(19(8-9-19)17(20)25)22-16(23-24)14-6-10-21-11-7-14/h2-7,10-11H,8-9,12H2,1H3,(H2,20,25). The largest absolute Gasteiger partial charge is 0.497 e. The van der Waals surface area contributed by atoms with Crippen molar-refractivity contribution >= 4 is 5.91 Å². The molecule has 0 unspecified atom stereocenters. The normalized spacial score (nSPS) is 14.8. The lowest BCUT2D eigenvalue weighted by Gasteiger charge is -2.12. The van der Waals surface area contributed by atoms with E-state index in [0.29, 0.717) is 31.0 Å². The molecule has 0 spiro atoms. The summed E-state index contributed by atoms with van der Waals surface area (Å²) in [6.07, 6.45) is 4.80. The molecule has 0 saturated heterocycles. The van der Waals surface area contributed by atoms with Crippen molar-refractivity contribution in [3.63, 3.8) is 0 Å². The molecule has 0 aliphatic heterocycles. The van der Waals surface area contributed by atoms with Crippen molar-refractivity contribution in [1.82, 2.24) is 19.7 Å². The third-order valence-electron chi connectivity index (χ3n) is 4.75. The van der Waals surface area contributed by atoms with Crippen molar-refractivity contribution in [3.8, 4) is 17.1 Å². The van der Waals surface area contributed by atoms with Gasteiger partial charge in [-0.15, -0.1) is 0 Å². The predicted octanol–water partition coefficient (Wildman–Crippen LogP) is 1.91. The molecular formula is C19H19N5O2. The van der Waals surface area contributed by atoms with Crippen molar-refractivity contribution in [1.29, 1.82) is 0 Å². The molecule has 2 heterocycles. The zero-order chi connectivity index (χ0) is 18.1. The molecule has 26 heavy (non-hydrogen) atoms. The maximum absolute atomic E-state index is 12.0. The van der Waals surface area contributed by atoms with Crippen LogP contribution in [0.2, 0.25) is 0 Å². The number of rotatable bonds is 6. The molecule has 2 aromatic heterocycles. The van der Waals surface area contributed by atoms with E-state index in [1.54, 1.807) is 24.2 Å². The van der Waals surface area contributed by atoms with E-state index in [1.165, 1.54) is 0 Å². The number of nitrogens with zero attached hydrogens (tertiary/aromatic N) is 4. The number of aromatic nitrogens is 4. The van der Waals surface area contributed by atoms with Gasteiger partial charge in [0.05, 0.1) is 13.7 Å². The summed E-state index contributed by atoms with van der Waals surface area (Å²) in [6.45, 7) is 0.506. The molecule has 1 fully saturated rings. The van der Waals surface area contributed by atoms with Gasteiger partial charge in [0.15, 0.2) is 5.82 Å². The lowest BCUT2D eigenvalue weighted by molar-refractivity contribution is -0.120. The topological polar surface area (TPSA) is 95.9 Å². The van der Waals surface area contributed by atoms with Gasteiger partial charge in [0.25, 0.3) is 0 Å². The summed E-state index contributed by atoms with van der Waals surface area (Å²) in [5.41, 5.74) is 6.86. The molecule has 0 bridgehead atoms. The lowest BCUT2D eigenvalue weighted by Crippen LogP contribution is -2.31. The second-order valence-electron chi connectivity index (χ2n) is 6.45. The van der Waals surface area contributed by atoms with Crippen molar-refractivity contribution in [2.45, 2.75) is 24.8 Å². The number of hydrogen-bond donors (Lipinski definition) is 1. The average molecular weight is 349 g/mol. The Morgan fingerprint density at radius 2 is 1.88 bits per heavy atom. The van der Waals surface area contributed by atoms with Gasteiger partial charge in [-0.3, -0.25) is 9.78 Å². The Morgan fingerprint density at radius 1 is 1.19 bits per heavy atom. The van der Waals surface area contributed by atoms with Gasteiger partial charge in [-0.25, -0.2) is 9.67 Å². The molecule has 4 rings (SSSR count). The maximum atomic E-state index is 12.0. The minimum atomic E-state index is -0.704. The van der Waals surface area contributed by atoms with Gasteiger partial charge < -0.3 is 10.5 Å². The summed E-state index contributed by atoms with van der Waals surface area (Å²) in [4.78, 5) is 20.7. The van der Waals surface area contributed by atoms with Crippen LogP contribution < -0.4 is 10.5 Å². The zero-order valence-corrected chi connectivity index (χ0v) is 14.4. The van der Waals surface area contributed by atoms with Crippen LogP contribution in [-0.4, -0.2) is 32.8 Å². The van der Waals surface area contributed by atoms with E-state index in [-0.39, 0.29) is 5.91 Å². The van der Waals surface area contributed by atoms with Crippen molar-refractivity contribution < 1.29 is 9.53 Å². The van der Waals surface area contributed by atoms with Crippen LogP contribution in [0.4, 0.5) is 0 Å². The smallest absolute Gasteiger partial charge is 0.231 e. The highest BCUT2D eigenvalue weighted by atomic mass is 16.5. The van der Waals surface area contributed by atoms with Gasteiger partial charge in [-0.2, -0.15) is 5.10 Å². The molecule has 132 valence electrons. The Morgan fingerprint density at radius 3 is 2.46 bits per heavy atom. The highest BCUT2D eigenvalue weighted by Crippen LogP contribution is 2.47. The van der Waals surface area contributed by atoms with Gasteiger partial charge in [-0.1, -0.05) is 12.1 Å². The van der Waals surface area contributed by atoms with E-state index in [2.05, 4.69) is 15.1 Å². The molecule has 7 heteroatoms. The first kappa shape index (κ1) is 16.3. The summed E-state index contributed by atoms with van der Waals surface area (Å²) in [5.74, 6) is 1.65. The van der Waals surface area contributed by atoms with Gasteiger partial charge in [0.2, 0.25) is 5.91 Å². The second kappa shape index (κ2) is 6.25. The fraction of sp³-hybridized carbons (Fsp3) is 0.263. The number of hydrogen-bond acceptors (Lipinski definition) is 5. The van der Waals surface area contributed by atoms with E-state index < -0.39 is 5.41 Å². The number of ether oxygens (including phenoxy) is 1. The van der Waals surface area contributed by atoms with Gasteiger partial charge in [0, 0.05) is 18.0 Å². The monoisotopic (exact) mass is 349 g/mol. The van der Waals surface area contributed by atoms with Crippen LogP contribution in [-0.2, 0) is 16.8 Å². The van der Waals surface area contributed by atoms with Crippen LogP contribution in [0.3, 0.4) is 0 Å². The van der Waals surface area contributed by atoms with Crippen LogP contribution in [0.25, 0.3) is 11.4 Å². The number of carbonyl (C=O) groups excluding carboxylic acids is 1. The average Bonchev–Trinajstić information content (AvgIpc) is 3.38. The van der Waals surface area contributed by atoms with E-state index in [9.17, 15) is 4.79 Å². The van der Waals surface area contributed by atoms with Crippen LogP contribution in [0.1, 0.15) is 24.2 Å². The number of nitrogens with two attached hydrogens (primary N) is 1. The molecular weight excluding hydrogens is 330 g/mol. The number of carbonyl (C=O) groups is 1. The Balaban J connectivity index is 1.74. The fourth-order valence-corrected chi connectivity index (χ4v) is 3.04. The van der Waals surface area contributed by atoms with Crippen LogP contribution in [0.15, 0.2) is 48.8 Å². The Labute approximate surface area is 150 Å². The molecule has 0 radical (unpaired) electrons. The highest BCUT2D eigenvalue weighted by Gasteiger charge is 2.54. The summed E-state index contributed by atoms with van der Waals surface area (Å²) in [5, 5.41) is 4.65. The third kappa shape index (κ3) is 2.81. The number of amides is 1. The van der Waals surface area contributed by atoms with Crippen molar-refractivity contribution in [2.75, 3.05) is 7.11 Å². The minimum Gasteiger partial charge on any atom is -0.497 e. The van der Waals surface area contributed by atoms with E-state index in [1.807, 2.05) is 36.4 Å². The molecule has 3 aromatic rings. The van der Waals surface area contributed by atoms with Crippen molar-refractivity contribution in [2.24, 2.45) is 5.73 Å². The first-order valence-corrected chi connectivity index (χ1v) is 8.41. The van der Waals surface area contributed by atoms with Gasteiger partial charge in [-0.05, 0) is 42.7 Å². The van der Waals surface area contributed by atoms with Gasteiger partial charge >= 0.3 is 0 Å². The van der Waals surface area contributed by atoms with E-state index >= 15 is 0 Å². The molecule has 1 aliphatic rings. The van der Waals surface area contributed by atoms with Gasteiger partial charge in [0.1, 0.15) is 17.0 Å². The van der Waals surface area contributed by atoms with E-state index in [0.717, 1.165) is 16.9 Å². The zero-order valence-electron chi connectivity index (χ0n) is 14.4. The number of primary amides is 1. The SMILES string of the molecule is COc1ccc(Cn2nc(-c3ccncc3)nc2C2(C(N)=O)CC2)cc1. The highest BCUT2D eigenvalue weighted by molar-refractivity contribution is 5.89. The lowest BCUT2D eigenvalue weighted by atomic mass is 10.1. The summed E-state index contributed by atoms with van der Waals surface area (Å²) in [6, 6.07) is 11.4. The third-order valence-corrected chi connectivity index (χ3v) is 4.75. The number of methoxy groups -OCH3 is 1. The molecule has 1 aliphatic carbocycles. The molecule has 7 nitrogen and oxygen atoms in total. The fourth-order valence-electron chi connectivity index (χ4n) is 3.04. The first-order chi connectivity index (χ1) is 12.6. The summed E-state index contributed by atoms with van der Waals surface area (Å²) in [7, 11) is 1.63. The molecule has 1 saturated carbocycles. The predicted molar refractivity (Wildman–Crippen MR) is 95.5 cm³/mol. The minimum absolute atomic E-state index is 0.345. The van der Waals surface area contributed by atoms with Crippen LogP contribution >= 0.6 is 0 Å². The van der Waals surface area contributed by atoms with Crippen molar-refractivity contribution in [3.05, 3.63) is 60.2 Å². The number of benzene rings is 1. The molecule has 1 amide bonds. The van der Waals surface area contributed by atoms with Crippen LogP contribution in [0, 0.1) is 0 Å². The molecule has 1 aromatic carbocycles. The number of pyridine rings is 1. The molecule has 0 atom stereocenters. The Hall–Kier alpha value is -3.22. The summed E-state index contributed by atoms with van der Waals surface area (Å²) >= 11 is 0. The maximum Gasteiger partial charge on any atom is 0.231 e. The first-order valence-electron chi connectivity index (χ1n) is 8.41. The Bertz CT molecular complexity index is 930. The van der Waals surface area contributed by atoms with Crippen LogP contribution in [0.5, 0.6) is 5.75 Å². The quantitative estimate of drug-likeness (QED) is 0.733. The Kier molecular flexibility index (Phi) is 3.91. The summed E-state index contributed by atoms with van der Waals surface area (Å²) < 4.78 is 6.99.